The van der Waals surface area contributed by atoms with Gasteiger partial charge in [-0.15, -0.1) is 0 Å². The first-order valence-corrected chi connectivity index (χ1v) is 12.4. The maximum atomic E-state index is 12.6. The number of amides is 1. The summed E-state index contributed by atoms with van der Waals surface area (Å²) in [6, 6.07) is 10.8. The van der Waals surface area contributed by atoms with Crippen molar-refractivity contribution in [2.75, 3.05) is 11.7 Å². The van der Waals surface area contributed by atoms with Crippen LogP contribution >= 0.6 is 0 Å². The van der Waals surface area contributed by atoms with Crippen molar-refractivity contribution in [1.29, 1.82) is 0 Å². The van der Waals surface area contributed by atoms with Gasteiger partial charge < -0.3 is 0 Å². The van der Waals surface area contributed by atoms with Gasteiger partial charge in [0.25, 0.3) is 5.91 Å². The quantitative estimate of drug-likeness (QED) is 0.456. The van der Waals surface area contributed by atoms with Gasteiger partial charge in [0.15, 0.2) is 5.69 Å². The number of hydrogen-bond donors (Lipinski definition) is 3. The van der Waals surface area contributed by atoms with Gasteiger partial charge in [-0.05, 0) is 49.2 Å². The first kappa shape index (κ1) is 20.3. The van der Waals surface area contributed by atoms with Crippen LogP contribution in [-0.2, 0) is 19.9 Å². The zero-order valence-electron chi connectivity index (χ0n) is 15.9. The molecule has 2 heterocycles. The minimum absolute atomic E-state index is 0.00801. The van der Waals surface area contributed by atoms with Crippen molar-refractivity contribution in [3.05, 3.63) is 54.4 Å². The fourth-order valence-electron chi connectivity index (χ4n) is 2.83. The highest BCUT2D eigenvalue weighted by Crippen LogP contribution is 2.23. The molecule has 0 atom stereocenters. The number of nitrogens with zero attached hydrogens (tertiary/aromatic N) is 2. The molecule has 10 nitrogen and oxygen atoms in total. The number of sulfonamides is 1. The number of anilines is 1. The predicted octanol–water partition coefficient (Wildman–Crippen LogP) is 0.935. The molecule has 1 aromatic carbocycles. The lowest BCUT2D eigenvalue weighted by atomic mass is 10.3. The first-order chi connectivity index (χ1) is 14.1. The Labute approximate surface area is 173 Å². The third-order valence-electron chi connectivity index (χ3n) is 4.45. The minimum atomic E-state index is -3.64. The molecular weight excluding hydrogens is 430 g/mol. The van der Waals surface area contributed by atoms with E-state index < -0.39 is 25.8 Å². The molecule has 0 aliphatic heterocycles. The summed E-state index contributed by atoms with van der Waals surface area (Å²) in [6.07, 6.45) is 4.21. The second-order valence-electron chi connectivity index (χ2n) is 6.97. The second-order valence-corrected chi connectivity index (χ2v) is 10.6. The number of fused-ring (bicyclic) bond motifs is 1. The van der Waals surface area contributed by atoms with Gasteiger partial charge in [0, 0.05) is 18.5 Å². The van der Waals surface area contributed by atoms with E-state index in [1.165, 1.54) is 34.9 Å². The molecule has 12 heteroatoms. The molecule has 0 saturated heterocycles. The lowest BCUT2D eigenvalue weighted by Gasteiger charge is -2.09. The fourth-order valence-corrected chi connectivity index (χ4v) is 4.91. The molecule has 0 spiro atoms. The van der Waals surface area contributed by atoms with Crippen LogP contribution < -0.4 is 15.6 Å². The Morgan fingerprint density at radius 2 is 1.77 bits per heavy atom. The molecule has 3 N–H and O–H groups in total. The number of aromatic nitrogens is 2. The highest BCUT2D eigenvalue weighted by Gasteiger charge is 2.28. The van der Waals surface area contributed by atoms with Crippen molar-refractivity contribution >= 4 is 37.0 Å². The Morgan fingerprint density at radius 3 is 2.40 bits per heavy atom. The van der Waals surface area contributed by atoms with E-state index in [4.69, 9.17) is 0 Å². The normalized spacial score (nSPS) is 14.6. The molecule has 1 aliphatic carbocycles. The van der Waals surface area contributed by atoms with Crippen LogP contribution in [0.2, 0.25) is 0 Å². The van der Waals surface area contributed by atoms with Gasteiger partial charge in [0.05, 0.1) is 16.1 Å². The second kappa shape index (κ2) is 7.38. The summed E-state index contributed by atoms with van der Waals surface area (Å²) >= 11 is 0. The van der Waals surface area contributed by atoms with Crippen LogP contribution in [0.25, 0.3) is 5.52 Å². The summed E-state index contributed by atoms with van der Waals surface area (Å²) in [6.45, 7) is 0. The first-order valence-electron chi connectivity index (χ1n) is 9.01. The molecule has 1 amide bonds. The maximum absolute atomic E-state index is 12.6. The van der Waals surface area contributed by atoms with Crippen LogP contribution in [0.4, 0.5) is 5.69 Å². The number of rotatable bonds is 7. The van der Waals surface area contributed by atoms with Crippen LogP contribution in [0.3, 0.4) is 0 Å². The average molecular weight is 450 g/mol. The molecule has 0 radical (unpaired) electrons. The summed E-state index contributed by atoms with van der Waals surface area (Å²) in [7, 11) is -7.20. The largest absolute Gasteiger partial charge is 0.298 e. The number of nitrogens with one attached hydrogen (secondary N) is 3. The number of hydrazine groups is 1. The van der Waals surface area contributed by atoms with Crippen molar-refractivity contribution in [3.8, 4) is 0 Å². The van der Waals surface area contributed by atoms with Crippen LogP contribution in [0.1, 0.15) is 23.3 Å². The molecule has 4 rings (SSSR count). The Kier molecular flexibility index (Phi) is 5.00. The molecule has 3 aromatic rings. The highest BCUT2D eigenvalue weighted by atomic mass is 32.2. The fraction of sp³-hybridized carbons (Fsp3) is 0.222. The summed E-state index contributed by atoms with van der Waals surface area (Å²) in [5.74, 6) is -0.638. The van der Waals surface area contributed by atoms with E-state index in [1.807, 2.05) is 0 Å². The van der Waals surface area contributed by atoms with Gasteiger partial charge in [0.2, 0.25) is 25.0 Å². The van der Waals surface area contributed by atoms with Crippen LogP contribution in [0.15, 0.2) is 58.7 Å². The monoisotopic (exact) mass is 449 g/mol. The van der Waals surface area contributed by atoms with Crippen LogP contribution in [0.5, 0.6) is 0 Å². The molecule has 0 unspecified atom stereocenters. The van der Waals surface area contributed by atoms with Gasteiger partial charge in [-0.1, -0.05) is 6.07 Å². The maximum Gasteiger partial charge on any atom is 0.290 e. The SMILES string of the molecule is CS(=O)(=O)c1nc(C(=O)NNc2ccc(S(=O)(=O)NC3CC3)cc2)c2ccccn12. The van der Waals surface area contributed by atoms with Crippen molar-refractivity contribution in [1.82, 2.24) is 19.5 Å². The zero-order valence-corrected chi connectivity index (χ0v) is 17.5. The van der Waals surface area contributed by atoms with Crippen LogP contribution in [0, 0.1) is 0 Å². The third kappa shape index (κ3) is 4.15. The molecule has 2 aromatic heterocycles. The molecule has 1 fully saturated rings. The number of pyridine rings is 1. The smallest absolute Gasteiger partial charge is 0.290 e. The summed E-state index contributed by atoms with van der Waals surface area (Å²) in [5, 5.41) is -0.235. The van der Waals surface area contributed by atoms with Crippen LogP contribution in [-0.4, -0.2) is 44.4 Å². The molecule has 158 valence electrons. The van der Waals surface area contributed by atoms with E-state index in [9.17, 15) is 21.6 Å². The van der Waals surface area contributed by atoms with Crippen molar-refractivity contribution in [2.24, 2.45) is 0 Å². The van der Waals surface area contributed by atoms with Gasteiger partial charge in [-0.25, -0.2) is 26.5 Å². The van der Waals surface area contributed by atoms with Gasteiger partial charge >= 0.3 is 0 Å². The molecule has 30 heavy (non-hydrogen) atoms. The zero-order chi connectivity index (χ0) is 21.5. The number of benzene rings is 1. The topological polar surface area (TPSA) is 139 Å². The Hall–Kier alpha value is -2.96. The molecule has 1 aliphatic rings. The van der Waals surface area contributed by atoms with Crippen molar-refractivity contribution < 1.29 is 21.6 Å². The minimum Gasteiger partial charge on any atom is -0.298 e. The number of carbonyl (C=O) groups is 1. The van der Waals surface area contributed by atoms with Gasteiger partial charge in [0.1, 0.15) is 0 Å². The Bertz CT molecular complexity index is 1330. The number of imidazole rings is 1. The van der Waals surface area contributed by atoms with E-state index in [1.54, 1.807) is 18.2 Å². The van der Waals surface area contributed by atoms with Gasteiger partial charge in [-0.2, -0.15) is 0 Å². The van der Waals surface area contributed by atoms with E-state index in [0.717, 1.165) is 19.1 Å². The van der Waals surface area contributed by atoms with E-state index in [0.29, 0.717) is 11.2 Å². The number of hydrogen-bond acceptors (Lipinski definition) is 7. The summed E-state index contributed by atoms with van der Waals surface area (Å²) < 4.78 is 52.2. The summed E-state index contributed by atoms with van der Waals surface area (Å²) in [5.41, 5.74) is 5.85. The van der Waals surface area contributed by atoms with Gasteiger partial charge in [-0.3, -0.25) is 20.0 Å². The number of carbonyl (C=O) groups excluding carboxylic acids is 1. The molecule has 1 saturated carbocycles. The average Bonchev–Trinajstić information content (AvgIpc) is 3.40. The van der Waals surface area contributed by atoms with E-state index in [2.05, 4.69) is 20.6 Å². The third-order valence-corrected chi connectivity index (χ3v) is 6.93. The molecule has 0 bridgehead atoms. The molecular formula is C18H19N5O5S2. The number of sulfone groups is 1. The van der Waals surface area contributed by atoms with E-state index in [-0.39, 0.29) is 21.8 Å². The lowest BCUT2D eigenvalue weighted by molar-refractivity contribution is 0.0959. The lowest BCUT2D eigenvalue weighted by Crippen LogP contribution is -2.30. The van der Waals surface area contributed by atoms with E-state index >= 15 is 0 Å². The predicted molar refractivity (Wildman–Crippen MR) is 109 cm³/mol. The van der Waals surface area contributed by atoms with Crippen molar-refractivity contribution in [3.63, 3.8) is 0 Å². The standard InChI is InChI=1S/C18H19N5O5S2/c1-29(25,26)18-19-16(15-4-2-3-11-23(15)18)17(24)21-20-12-7-9-14(10-8-12)30(27,28)22-13-5-6-13/h2-4,7-11,13,20,22H,5-6H2,1H3,(H,21,24). The Morgan fingerprint density at radius 1 is 1.07 bits per heavy atom. The Balaban J connectivity index is 1.50. The van der Waals surface area contributed by atoms with Crippen molar-refractivity contribution in [2.45, 2.75) is 28.9 Å². The summed E-state index contributed by atoms with van der Waals surface area (Å²) in [4.78, 5) is 16.7. The highest BCUT2D eigenvalue weighted by molar-refractivity contribution is 7.90.